The summed E-state index contributed by atoms with van der Waals surface area (Å²) in [5.41, 5.74) is 2.24. The molecule has 30 heavy (non-hydrogen) atoms. The first-order valence-electron chi connectivity index (χ1n) is 11.3. The van der Waals surface area contributed by atoms with Crippen LogP contribution in [0.3, 0.4) is 0 Å². The standard InChI is InChI=1S/C23H40N6O/c1-6-24-23(26-12-7-14-29(18(2)3)19(4)5)27-16-20-8-10-21(11-9-20)28-15-13-25-22(30)17-28/h8-11,18-19H,6-7,12-17H2,1-5H3,(H,25,30)(H2,24,26,27). The number of nitrogens with zero attached hydrogens (tertiary/aromatic N) is 3. The minimum Gasteiger partial charge on any atom is -0.360 e. The molecule has 0 bridgehead atoms. The maximum absolute atomic E-state index is 11.6. The van der Waals surface area contributed by atoms with Crippen molar-refractivity contribution in [2.45, 2.75) is 59.7 Å². The van der Waals surface area contributed by atoms with E-state index in [1.54, 1.807) is 0 Å². The molecule has 0 atom stereocenters. The van der Waals surface area contributed by atoms with Gasteiger partial charge in [-0.1, -0.05) is 12.1 Å². The summed E-state index contributed by atoms with van der Waals surface area (Å²) in [5.74, 6) is 0.941. The van der Waals surface area contributed by atoms with Gasteiger partial charge in [0.2, 0.25) is 5.91 Å². The van der Waals surface area contributed by atoms with E-state index in [4.69, 9.17) is 4.99 Å². The molecule has 0 aromatic heterocycles. The Bertz CT molecular complexity index is 663. The van der Waals surface area contributed by atoms with Crippen LogP contribution in [0, 0.1) is 0 Å². The number of piperazine rings is 1. The average molecular weight is 417 g/mol. The molecule has 3 N–H and O–H groups in total. The fourth-order valence-electron chi connectivity index (χ4n) is 3.76. The lowest BCUT2D eigenvalue weighted by Gasteiger charge is -2.30. The van der Waals surface area contributed by atoms with Crippen LogP contribution in [0.15, 0.2) is 29.3 Å². The molecular weight excluding hydrogens is 376 g/mol. The van der Waals surface area contributed by atoms with E-state index in [0.717, 1.165) is 49.8 Å². The Labute approximate surface area is 182 Å². The number of anilines is 1. The Morgan fingerprint density at radius 1 is 1.17 bits per heavy atom. The summed E-state index contributed by atoms with van der Waals surface area (Å²) in [6.07, 6.45) is 1.08. The molecule has 1 aliphatic heterocycles. The van der Waals surface area contributed by atoms with Gasteiger partial charge in [-0.05, 0) is 58.7 Å². The van der Waals surface area contributed by atoms with Gasteiger partial charge < -0.3 is 20.9 Å². The summed E-state index contributed by atoms with van der Waals surface area (Å²) in [6, 6.07) is 9.48. The first-order chi connectivity index (χ1) is 14.4. The van der Waals surface area contributed by atoms with Crippen molar-refractivity contribution in [2.24, 2.45) is 4.99 Å². The highest BCUT2D eigenvalue weighted by Crippen LogP contribution is 2.16. The van der Waals surface area contributed by atoms with E-state index in [0.29, 0.717) is 31.7 Å². The van der Waals surface area contributed by atoms with Gasteiger partial charge in [0.15, 0.2) is 5.96 Å². The number of nitrogens with one attached hydrogen (secondary N) is 3. The molecule has 0 spiro atoms. The van der Waals surface area contributed by atoms with E-state index < -0.39 is 0 Å². The first kappa shape index (κ1) is 24.0. The molecule has 0 radical (unpaired) electrons. The fourth-order valence-corrected chi connectivity index (χ4v) is 3.76. The number of carbonyl (C=O) groups is 1. The van der Waals surface area contributed by atoms with Crippen LogP contribution in [0.2, 0.25) is 0 Å². The van der Waals surface area contributed by atoms with Crippen molar-refractivity contribution in [3.05, 3.63) is 29.8 Å². The Balaban J connectivity index is 1.84. The largest absolute Gasteiger partial charge is 0.360 e. The van der Waals surface area contributed by atoms with Crippen LogP contribution in [0.1, 0.15) is 46.6 Å². The second-order valence-electron chi connectivity index (χ2n) is 8.34. The molecule has 7 nitrogen and oxygen atoms in total. The minimum absolute atomic E-state index is 0.0844. The molecule has 1 aromatic rings. The monoisotopic (exact) mass is 416 g/mol. The Morgan fingerprint density at radius 3 is 2.47 bits per heavy atom. The van der Waals surface area contributed by atoms with Gasteiger partial charge in [-0.15, -0.1) is 0 Å². The summed E-state index contributed by atoms with van der Waals surface area (Å²) in [6.45, 7) is 16.5. The SMILES string of the molecule is CCNC(=NCc1ccc(N2CCNC(=O)C2)cc1)NCCCN(C(C)C)C(C)C. The first-order valence-corrected chi connectivity index (χ1v) is 11.3. The van der Waals surface area contributed by atoms with Crippen molar-refractivity contribution in [3.63, 3.8) is 0 Å². The quantitative estimate of drug-likeness (QED) is 0.310. The molecule has 1 aliphatic rings. The van der Waals surface area contributed by atoms with E-state index in [-0.39, 0.29) is 5.91 Å². The number of guanidine groups is 1. The van der Waals surface area contributed by atoms with Gasteiger partial charge in [0.25, 0.3) is 0 Å². The smallest absolute Gasteiger partial charge is 0.239 e. The molecule has 1 amide bonds. The number of hydrogen-bond acceptors (Lipinski definition) is 4. The molecule has 1 heterocycles. The predicted octanol–water partition coefficient (Wildman–Crippen LogP) is 2.19. The normalized spacial score (nSPS) is 15.1. The Morgan fingerprint density at radius 2 is 1.87 bits per heavy atom. The van der Waals surface area contributed by atoms with Gasteiger partial charge >= 0.3 is 0 Å². The maximum atomic E-state index is 11.6. The lowest BCUT2D eigenvalue weighted by molar-refractivity contribution is -0.120. The van der Waals surface area contributed by atoms with Crippen LogP contribution in [0.25, 0.3) is 0 Å². The average Bonchev–Trinajstić information content (AvgIpc) is 2.71. The zero-order chi connectivity index (χ0) is 21.9. The number of amides is 1. The van der Waals surface area contributed by atoms with Crippen LogP contribution >= 0.6 is 0 Å². The third-order valence-electron chi connectivity index (χ3n) is 5.32. The predicted molar refractivity (Wildman–Crippen MR) is 126 cm³/mol. The van der Waals surface area contributed by atoms with Crippen LogP contribution < -0.4 is 20.9 Å². The Kier molecular flexibility index (Phi) is 9.94. The van der Waals surface area contributed by atoms with Crippen molar-refractivity contribution >= 4 is 17.6 Å². The number of rotatable bonds is 10. The molecule has 0 unspecified atom stereocenters. The molecular formula is C23H40N6O. The number of carbonyl (C=O) groups excluding carboxylic acids is 1. The molecule has 0 saturated carbocycles. The van der Waals surface area contributed by atoms with Crippen LogP contribution in [-0.4, -0.2) is 68.1 Å². The van der Waals surface area contributed by atoms with Crippen molar-refractivity contribution in [3.8, 4) is 0 Å². The third kappa shape index (κ3) is 7.86. The number of benzene rings is 1. The molecule has 168 valence electrons. The van der Waals surface area contributed by atoms with E-state index in [1.807, 2.05) is 0 Å². The van der Waals surface area contributed by atoms with Gasteiger partial charge in [-0.2, -0.15) is 0 Å². The summed E-state index contributed by atoms with van der Waals surface area (Å²) < 4.78 is 0. The van der Waals surface area contributed by atoms with Crippen molar-refractivity contribution in [1.82, 2.24) is 20.9 Å². The fraction of sp³-hybridized carbons (Fsp3) is 0.652. The summed E-state index contributed by atoms with van der Waals surface area (Å²) in [5, 5.41) is 9.64. The van der Waals surface area contributed by atoms with E-state index >= 15 is 0 Å². The lowest BCUT2D eigenvalue weighted by atomic mass is 10.2. The van der Waals surface area contributed by atoms with Gasteiger partial charge in [0, 0.05) is 50.5 Å². The van der Waals surface area contributed by atoms with E-state index in [2.05, 4.69) is 84.6 Å². The second kappa shape index (κ2) is 12.4. The van der Waals surface area contributed by atoms with Crippen molar-refractivity contribution < 1.29 is 4.79 Å². The van der Waals surface area contributed by atoms with Gasteiger partial charge in [-0.3, -0.25) is 9.69 Å². The highest BCUT2D eigenvalue weighted by molar-refractivity contribution is 5.82. The highest BCUT2D eigenvalue weighted by Gasteiger charge is 2.16. The van der Waals surface area contributed by atoms with Gasteiger partial charge in [-0.25, -0.2) is 4.99 Å². The molecule has 1 saturated heterocycles. The van der Waals surface area contributed by atoms with Gasteiger partial charge in [0.05, 0.1) is 13.1 Å². The van der Waals surface area contributed by atoms with Crippen LogP contribution in [0.4, 0.5) is 5.69 Å². The zero-order valence-corrected chi connectivity index (χ0v) is 19.4. The second-order valence-corrected chi connectivity index (χ2v) is 8.34. The summed E-state index contributed by atoms with van der Waals surface area (Å²) in [7, 11) is 0. The lowest BCUT2D eigenvalue weighted by Crippen LogP contribution is -2.47. The molecule has 1 fully saturated rings. The topological polar surface area (TPSA) is 72.0 Å². The van der Waals surface area contributed by atoms with E-state index in [1.165, 1.54) is 0 Å². The summed E-state index contributed by atoms with van der Waals surface area (Å²) >= 11 is 0. The van der Waals surface area contributed by atoms with E-state index in [9.17, 15) is 4.79 Å². The molecule has 1 aromatic carbocycles. The number of hydrogen-bond donors (Lipinski definition) is 3. The maximum Gasteiger partial charge on any atom is 0.239 e. The zero-order valence-electron chi connectivity index (χ0n) is 19.4. The summed E-state index contributed by atoms with van der Waals surface area (Å²) in [4.78, 5) is 20.9. The van der Waals surface area contributed by atoms with Gasteiger partial charge in [0.1, 0.15) is 0 Å². The van der Waals surface area contributed by atoms with Crippen molar-refractivity contribution in [1.29, 1.82) is 0 Å². The van der Waals surface area contributed by atoms with Crippen LogP contribution in [0.5, 0.6) is 0 Å². The van der Waals surface area contributed by atoms with Crippen molar-refractivity contribution in [2.75, 3.05) is 44.2 Å². The highest BCUT2D eigenvalue weighted by atomic mass is 16.2. The third-order valence-corrected chi connectivity index (χ3v) is 5.32. The van der Waals surface area contributed by atoms with Crippen LogP contribution in [-0.2, 0) is 11.3 Å². The number of aliphatic imine (C=N–C) groups is 1. The molecule has 7 heteroatoms. The molecule has 0 aliphatic carbocycles. The molecule has 2 rings (SSSR count). The minimum atomic E-state index is 0.0844. The Hall–Kier alpha value is -2.28.